The number of rotatable bonds is 4. The molecule has 2 amide bonds. The zero-order chi connectivity index (χ0) is 18.7. The lowest BCUT2D eigenvalue weighted by Crippen LogP contribution is -2.47. The molecule has 0 unspecified atom stereocenters. The monoisotopic (exact) mass is 358 g/mol. The summed E-state index contributed by atoms with van der Waals surface area (Å²) in [6, 6.07) is 6.07. The minimum absolute atomic E-state index is 0.00144. The molecule has 1 aliphatic rings. The van der Waals surface area contributed by atoms with Crippen LogP contribution in [0.4, 0.5) is 4.39 Å². The van der Waals surface area contributed by atoms with Crippen LogP contribution >= 0.6 is 0 Å². The molecule has 0 bridgehead atoms. The highest BCUT2D eigenvalue weighted by Crippen LogP contribution is 2.20. The Balaban J connectivity index is 1.68. The van der Waals surface area contributed by atoms with E-state index in [0.29, 0.717) is 28.7 Å². The number of fused-ring (bicyclic) bond motifs is 1. The summed E-state index contributed by atoms with van der Waals surface area (Å²) in [4.78, 5) is 30.6. The third-order valence-corrected chi connectivity index (χ3v) is 4.71. The van der Waals surface area contributed by atoms with Crippen LogP contribution in [0.3, 0.4) is 0 Å². The Bertz CT molecular complexity index is 826. The van der Waals surface area contributed by atoms with Crippen molar-refractivity contribution >= 4 is 22.7 Å². The first-order valence-corrected chi connectivity index (χ1v) is 8.77. The maximum absolute atomic E-state index is 13.5. The summed E-state index contributed by atoms with van der Waals surface area (Å²) in [6.45, 7) is 3.70. The molecule has 26 heavy (non-hydrogen) atoms. The van der Waals surface area contributed by atoms with E-state index in [4.69, 9.17) is 0 Å². The fourth-order valence-corrected chi connectivity index (χ4v) is 3.30. The first kappa shape index (κ1) is 18.3. The van der Waals surface area contributed by atoms with E-state index < -0.39 is 0 Å². The SMILES string of the molecule is CNC(=O)CN1CCC(NC(=O)c2cc(C)nc3cc(F)ccc23)CC1. The van der Waals surface area contributed by atoms with E-state index in [1.807, 2.05) is 0 Å². The lowest BCUT2D eigenvalue weighted by Gasteiger charge is -2.31. The van der Waals surface area contributed by atoms with Gasteiger partial charge in [-0.05, 0) is 38.0 Å². The van der Waals surface area contributed by atoms with Crippen molar-refractivity contribution in [2.75, 3.05) is 26.7 Å². The highest BCUT2D eigenvalue weighted by atomic mass is 19.1. The van der Waals surface area contributed by atoms with Gasteiger partial charge in [0.25, 0.3) is 5.91 Å². The largest absolute Gasteiger partial charge is 0.358 e. The molecule has 138 valence electrons. The van der Waals surface area contributed by atoms with Crippen LogP contribution in [-0.2, 0) is 4.79 Å². The van der Waals surface area contributed by atoms with Crippen molar-refractivity contribution < 1.29 is 14.0 Å². The van der Waals surface area contributed by atoms with E-state index in [1.165, 1.54) is 12.1 Å². The van der Waals surface area contributed by atoms with Gasteiger partial charge in [0.2, 0.25) is 5.91 Å². The van der Waals surface area contributed by atoms with Gasteiger partial charge in [-0.1, -0.05) is 0 Å². The van der Waals surface area contributed by atoms with E-state index in [9.17, 15) is 14.0 Å². The zero-order valence-corrected chi connectivity index (χ0v) is 15.0. The van der Waals surface area contributed by atoms with Crippen LogP contribution in [0.5, 0.6) is 0 Å². The predicted octanol–water partition coefficient (Wildman–Crippen LogP) is 1.62. The van der Waals surface area contributed by atoms with E-state index in [1.54, 1.807) is 26.1 Å². The molecule has 1 saturated heterocycles. The number of halogens is 1. The molecule has 1 aromatic carbocycles. The summed E-state index contributed by atoms with van der Waals surface area (Å²) in [6.07, 6.45) is 1.58. The quantitative estimate of drug-likeness (QED) is 0.871. The van der Waals surface area contributed by atoms with Crippen molar-refractivity contribution in [2.45, 2.75) is 25.8 Å². The summed E-state index contributed by atoms with van der Waals surface area (Å²) >= 11 is 0. The molecule has 7 heteroatoms. The van der Waals surface area contributed by atoms with Crippen LogP contribution in [0.15, 0.2) is 24.3 Å². The summed E-state index contributed by atoms with van der Waals surface area (Å²) in [5.74, 6) is -0.541. The first-order valence-electron chi connectivity index (χ1n) is 8.77. The first-order chi connectivity index (χ1) is 12.5. The molecule has 0 radical (unpaired) electrons. The second kappa shape index (κ2) is 7.78. The number of aryl methyl sites for hydroxylation is 1. The van der Waals surface area contributed by atoms with Crippen LogP contribution in [0.1, 0.15) is 28.9 Å². The Labute approximate surface area is 151 Å². The number of nitrogens with zero attached hydrogens (tertiary/aromatic N) is 2. The van der Waals surface area contributed by atoms with Gasteiger partial charge in [0.15, 0.2) is 0 Å². The zero-order valence-electron chi connectivity index (χ0n) is 15.0. The molecule has 1 aromatic heterocycles. The lowest BCUT2D eigenvalue weighted by molar-refractivity contribution is -0.122. The Hall–Kier alpha value is -2.54. The number of piperidine rings is 1. The smallest absolute Gasteiger partial charge is 0.252 e. The van der Waals surface area contributed by atoms with E-state index in [0.717, 1.165) is 25.9 Å². The lowest BCUT2D eigenvalue weighted by atomic mass is 10.0. The second-order valence-corrected chi connectivity index (χ2v) is 6.67. The second-order valence-electron chi connectivity index (χ2n) is 6.67. The number of hydrogen-bond donors (Lipinski definition) is 2. The summed E-state index contributed by atoms with van der Waals surface area (Å²) in [5.41, 5.74) is 1.67. The fraction of sp³-hybridized carbons (Fsp3) is 0.421. The number of nitrogens with one attached hydrogen (secondary N) is 2. The van der Waals surface area contributed by atoms with Crippen LogP contribution in [-0.4, -0.2) is 54.4 Å². The van der Waals surface area contributed by atoms with Gasteiger partial charge in [0, 0.05) is 43.3 Å². The molecule has 1 fully saturated rings. The number of likely N-dealkylation sites (N-methyl/N-ethyl adjacent to an activating group) is 1. The van der Waals surface area contributed by atoms with Crippen molar-refractivity contribution in [3.8, 4) is 0 Å². The van der Waals surface area contributed by atoms with Gasteiger partial charge in [-0.3, -0.25) is 19.5 Å². The molecule has 0 aliphatic carbocycles. The van der Waals surface area contributed by atoms with E-state index in [-0.39, 0.29) is 23.7 Å². The Kier molecular flexibility index (Phi) is 5.46. The normalized spacial score (nSPS) is 15.8. The maximum atomic E-state index is 13.5. The van der Waals surface area contributed by atoms with Crippen molar-refractivity contribution in [2.24, 2.45) is 0 Å². The third-order valence-electron chi connectivity index (χ3n) is 4.71. The highest BCUT2D eigenvalue weighted by Gasteiger charge is 2.23. The number of carbonyl (C=O) groups is 2. The molecule has 0 spiro atoms. The standard InChI is InChI=1S/C19H23FN4O2/c1-12-9-16(15-4-3-13(20)10-17(15)22-12)19(26)23-14-5-7-24(8-6-14)11-18(25)21-2/h3-4,9-10,14H,5-8,11H2,1-2H3,(H,21,25)(H,23,26). The number of aromatic nitrogens is 1. The van der Waals surface area contributed by atoms with Crippen molar-refractivity contribution in [3.05, 3.63) is 41.3 Å². The summed E-state index contributed by atoms with van der Waals surface area (Å²) in [7, 11) is 1.63. The Morgan fingerprint density at radius 2 is 2.00 bits per heavy atom. The number of likely N-dealkylation sites (tertiary alicyclic amines) is 1. The van der Waals surface area contributed by atoms with Gasteiger partial charge in [0.1, 0.15) is 5.82 Å². The molecule has 3 rings (SSSR count). The van der Waals surface area contributed by atoms with E-state index >= 15 is 0 Å². The molecule has 6 nitrogen and oxygen atoms in total. The molecular weight excluding hydrogens is 335 g/mol. The number of benzene rings is 1. The average Bonchev–Trinajstić information content (AvgIpc) is 2.62. The van der Waals surface area contributed by atoms with Crippen LogP contribution < -0.4 is 10.6 Å². The number of carbonyl (C=O) groups excluding carboxylic acids is 2. The average molecular weight is 358 g/mol. The van der Waals surface area contributed by atoms with Crippen molar-refractivity contribution in [3.63, 3.8) is 0 Å². The van der Waals surface area contributed by atoms with Gasteiger partial charge in [0.05, 0.1) is 17.6 Å². The predicted molar refractivity (Wildman–Crippen MR) is 97.4 cm³/mol. The molecule has 1 aliphatic heterocycles. The van der Waals surface area contributed by atoms with Crippen LogP contribution in [0, 0.1) is 12.7 Å². The summed E-state index contributed by atoms with van der Waals surface area (Å²) < 4.78 is 13.5. The van der Waals surface area contributed by atoms with Crippen molar-refractivity contribution in [1.82, 2.24) is 20.5 Å². The molecule has 0 saturated carbocycles. The van der Waals surface area contributed by atoms with Crippen LogP contribution in [0.2, 0.25) is 0 Å². The minimum Gasteiger partial charge on any atom is -0.358 e. The number of hydrogen-bond acceptors (Lipinski definition) is 4. The van der Waals surface area contributed by atoms with Gasteiger partial charge in [-0.25, -0.2) is 4.39 Å². The van der Waals surface area contributed by atoms with Crippen molar-refractivity contribution in [1.29, 1.82) is 0 Å². The maximum Gasteiger partial charge on any atom is 0.252 e. The van der Waals surface area contributed by atoms with Gasteiger partial charge < -0.3 is 10.6 Å². The topological polar surface area (TPSA) is 74.3 Å². The highest BCUT2D eigenvalue weighted by molar-refractivity contribution is 6.06. The van der Waals surface area contributed by atoms with Crippen LogP contribution in [0.25, 0.3) is 10.9 Å². The van der Waals surface area contributed by atoms with Gasteiger partial charge >= 0.3 is 0 Å². The van der Waals surface area contributed by atoms with Gasteiger partial charge in [-0.15, -0.1) is 0 Å². The fourth-order valence-electron chi connectivity index (χ4n) is 3.30. The Morgan fingerprint density at radius 3 is 2.69 bits per heavy atom. The van der Waals surface area contributed by atoms with Gasteiger partial charge in [-0.2, -0.15) is 0 Å². The Morgan fingerprint density at radius 1 is 1.27 bits per heavy atom. The molecule has 2 heterocycles. The minimum atomic E-state index is -0.370. The summed E-state index contributed by atoms with van der Waals surface area (Å²) in [5, 5.41) is 6.33. The molecular formula is C19H23FN4O2. The number of pyridine rings is 1. The third kappa shape index (κ3) is 4.16. The molecule has 2 aromatic rings. The van der Waals surface area contributed by atoms with E-state index in [2.05, 4.69) is 20.5 Å². The molecule has 0 atom stereocenters. The number of amides is 2. The molecule has 2 N–H and O–H groups in total.